The molecule has 4 nitrogen and oxygen atoms in total. The van der Waals surface area contributed by atoms with Crippen molar-refractivity contribution in [1.29, 1.82) is 0 Å². The number of amides is 2. The second kappa shape index (κ2) is 4.95. The van der Waals surface area contributed by atoms with Crippen molar-refractivity contribution in [3.63, 3.8) is 0 Å². The normalized spacial score (nSPS) is 21.6. The van der Waals surface area contributed by atoms with Crippen molar-refractivity contribution < 1.29 is 14.7 Å². The van der Waals surface area contributed by atoms with E-state index in [9.17, 15) is 14.7 Å². The van der Waals surface area contributed by atoms with Gasteiger partial charge >= 0.3 is 0 Å². The Morgan fingerprint density at radius 3 is 2.25 bits per heavy atom. The molecule has 0 spiro atoms. The van der Waals surface area contributed by atoms with Crippen molar-refractivity contribution in [3.8, 4) is 0 Å². The smallest absolute Gasteiger partial charge is 0.235 e. The molecular formula is C12H21NO3. The first-order valence-corrected chi connectivity index (χ1v) is 6.03. The number of imide groups is 1. The molecule has 1 atom stereocenters. The summed E-state index contributed by atoms with van der Waals surface area (Å²) in [4.78, 5) is 25.1. The summed E-state index contributed by atoms with van der Waals surface area (Å²) in [5, 5.41) is 9.52. The number of hydrogen-bond acceptors (Lipinski definition) is 3. The van der Waals surface area contributed by atoms with Crippen molar-refractivity contribution in [2.75, 3.05) is 6.54 Å². The monoisotopic (exact) mass is 227 g/mol. The summed E-state index contributed by atoms with van der Waals surface area (Å²) < 4.78 is 0. The summed E-state index contributed by atoms with van der Waals surface area (Å²) in [7, 11) is 0. The van der Waals surface area contributed by atoms with E-state index in [4.69, 9.17) is 0 Å². The number of rotatable bonds is 5. The van der Waals surface area contributed by atoms with Crippen molar-refractivity contribution in [1.82, 2.24) is 4.90 Å². The molecule has 1 fully saturated rings. The molecule has 0 bridgehead atoms. The highest BCUT2D eigenvalue weighted by Gasteiger charge is 2.49. The zero-order valence-electron chi connectivity index (χ0n) is 10.3. The third-order valence-corrected chi connectivity index (χ3v) is 3.71. The molecular weight excluding hydrogens is 206 g/mol. The van der Waals surface area contributed by atoms with Gasteiger partial charge in [0.2, 0.25) is 11.8 Å². The standard InChI is InChI=1S/C12H21NO3/c1-4-9(14)8-13-10(15)7-12(5-2,6-3)11(13)16/h9,14H,4-8H2,1-3H3. The van der Waals surface area contributed by atoms with Crippen LogP contribution in [0.15, 0.2) is 0 Å². The SMILES string of the molecule is CCC(O)CN1C(=O)CC(CC)(CC)C1=O. The maximum Gasteiger partial charge on any atom is 0.235 e. The molecule has 4 heteroatoms. The maximum absolute atomic E-state index is 12.1. The third-order valence-electron chi connectivity index (χ3n) is 3.71. The minimum Gasteiger partial charge on any atom is -0.391 e. The van der Waals surface area contributed by atoms with Crippen LogP contribution in [0.3, 0.4) is 0 Å². The molecule has 0 aromatic carbocycles. The van der Waals surface area contributed by atoms with Crippen LogP contribution in [-0.2, 0) is 9.59 Å². The van der Waals surface area contributed by atoms with Gasteiger partial charge in [-0.3, -0.25) is 14.5 Å². The van der Waals surface area contributed by atoms with Gasteiger partial charge in [0.15, 0.2) is 0 Å². The van der Waals surface area contributed by atoms with Gasteiger partial charge in [-0.2, -0.15) is 0 Å². The van der Waals surface area contributed by atoms with Crippen LogP contribution in [0.5, 0.6) is 0 Å². The molecule has 0 aromatic rings. The minimum atomic E-state index is -0.600. The minimum absolute atomic E-state index is 0.102. The van der Waals surface area contributed by atoms with Gasteiger partial charge in [-0.05, 0) is 19.3 Å². The number of hydrogen-bond donors (Lipinski definition) is 1. The molecule has 16 heavy (non-hydrogen) atoms. The quantitative estimate of drug-likeness (QED) is 0.721. The van der Waals surface area contributed by atoms with E-state index in [1.165, 1.54) is 4.90 Å². The highest BCUT2D eigenvalue weighted by atomic mass is 16.3. The van der Waals surface area contributed by atoms with Gasteiger partial charge in [-0.25, -0.2) is 0 Å². The lowest BCUT2D eigenvalue weighted by Gasteiger charge is -2.24. The summed E-state index contributed by atoms with van der Waals surface area (Å²) in [6.07, 6.45) is 1.63. The number of aliphatic hydroxyl groups is 1. The molecule has 1 aliphatic heterocycles. The highest BCUT2D eigenvalue weighted by molar-refractivity contribution is 6.05. The lowest BCUT2D eigenvalue weighted by molar-refractivity contribution is -0.143. The van der Waals surface area contributed by atoms with Crippen LogP contribution in [0, 0.1) is 5.41 Å². The Kier molecular flexibility index (Phi) is 4.08. The fourth-order valence-electron chi connectivity index (χ4n) is 2.19. The van der Waals surface area contributed by atoms with Crippen molar-refractivity contribution in [3.05, 3.63) is 0 Å². The van der Waals surface area contributed by atoms with Crippen LogP contribution in [0.2, 0.25) is 0 Å². The summed E-state index contributed by atoms with van der Waals surface area (Å²) in [6, 6.07) is 0. The van der Waals surface area contributed by atoms with E-state index in [2.05, 4.69) is 0 Å². The second-order valence-corrected chi connectivity index (χ2v) is 4.54. The van der Waals surface area contributed by atoms with Gasteiger partial charge in [-0.15, -0.1) is 0 Å². The Labute approximate surface area is 96.6 Å². The molecule has 0 aliphatic carbocycles. The molecule has 1 aliphatic rings. The average molecular weight is 227 g/mol. The van der Waals surface area contributed by atoms with E-state index in [1.54, 1.807) is 0 Å². The number of aliphatic hydroxyl groups excluding tert-OH is 1. The Balaban J connectivity index is 2.82. The highest BCUT2D eigenvalue weighted by Crippen LogP contribution is 2.39. The van der Waals surface area contributed by atoms with Crippen LogP contribution in [0.4, 0.5) is 0 Å². The number of β-amino-alcohol motifs (C(OH)–C–C–N with tert-alkyl or cyclic N) is 1. The molecule has 92 valence electrons. The van der Waals surface area contributed by atoms with E-state index < -0.39 is 11.5 Å². The van der Waals surface area contributed by atoms with Crippen LogP contribution in [-0.4, -0.2) is 34.5 Å². The second-order valence-electron chi connectivity index (χ2n) is 4.54. The lowest BCUT2D eigenvalue weighted by Crippen LogP contribution is -2.39. The Hall–Kier alpha value is -0.900. The Morgan fingerprint density at radius 1 is 1.31 bits per heavy atom. The molecule has 1 N–H and O–H groups in total. The predicted molar refractivity (Wildman–Crippen MR) is 60.6 cm³/mol. The van der Waals surface area contributed by atoms with Crippen molar-refractivity contribution in [2.45, 2.75) is 52.6 Å². The van der Waals surface area contributed by atoms with Gasteiger partial charge < -0.3 is 5.11 Å². The first-order valence-electron chi connectivity index (χ1n) is 6.03. The first-order chi connectivity index (χ1) is 7.50. The first kappa shape index (κ1) is 13.2. The van der Waals surface area contributed by atoms with Crippen LogP contribution < -0.4 is 0 Å². The molecule has 1 saturated heterocycles. The molecule has 0 saturated carbocycles. The fraction of sp³-hybridized carbons (Fsp3) is 0.833. The lowest BCUT2D eigenvalue weighted by atomic mass is 9.81. The average Bonchev–Trinajstić information content (AvgIpc) is 2.53. The van der Waals surface area contributed by atoms with Gasteiger partial charge in [0.25, 0.3) is 0 Å². The third kappa shape index (κ3) is 2.12. The van der Waals surface area contributed by atoms with Gasteiger partial charge in [-0.1, -0.05) is 20.8 Å². The predicted octanol–water partition coefficient (Wildman–Crippen LogP) is 1.32. The van der Waals surface area contributed by atoms with Crippen LogP contribution in [0.25, 0.3) is 0 Å². The van der Waals surface area contributed by atoms with Crippen LogP contribution >= 0.6 is 0 Å². The largest absolute Gasteiger partial charge is 0.391 e. The number of carbonyl (C=O) groups excluding carboxylic acids is 2. The van der Waals surface area contributed by atoms with E-state index in [-0.39, 0.29) is 18.4 Å². The zero-order valence-corrected chi connectivity index (χ0v) is 10.3. The Bertz CT molecular complexity index is 284. The summed E-state index contributed by atoms with van der Waals surface area (Å²) in [5.74, 6) is -0.240. The van der Waals surface area contributed by atoms with Crippen molar-refractivity contribution >= 4 is 11.8 Å². The van der Waals surface area contributed by atoms with Crippen molar-refractivity contribution in [2.24, 2.45) is 5.41 Å². The molecule has 2 amide bonds. The molecule has 0 aromatic heterocycles. The molecule has 1 rings (SSSR count). The zero-order chi connectivity index (χ0) is 12.3. The van der Waals surface area contributed by atoms with Gasteiger partial charge in [0.05, 0.1) is 18.1 Å². The van der Waals surface area contributed by atoms with Crippen LogP contribution in [0.1, 0.15) is 46.5 Å². The molecule has 1 unspecified atom stereocenters. The van der Waals surface area contributed by atoms with E-state index in [0.717, 1.165) is 0 Å². The fourth-order valence-corrected chi connectivity index (χ4v) is 2.19. The molecule has 1 heterocycles. The number of carbonyl (C=O) groups is 2. The number of nitrogens with zero attached hydrogens (tertiary/aromatic N) is 1. The van der Waals surface area contributed by atoms with E-state index >= 15 is 0 Å². The topological polar surface area (TPSA) is 57.6 Å². The summed E-state index contributed by atoms with van der Waals surface area (Å²) in [6.45, 7) is 5.86. The summed E-state index contributed by atoms with van der Waals surface area (Å²) >= 11 is 0. The Morgan fingerprint density at radius 2 is 1.88 bits per heavy atom. The summed E-state index contributed by atoms with van der Waals surface area (Å²) in [5.41, 5.74) is -0.509. The van der Waals surface area contributed by atoms with Gasteiger partial charge in [0, 0.05) is 6.42 Å². The number of likely N-dealkylation sites (tertiary alicyclic amines) is 1. The van der Waals surface area contributed by atoms with E-state index in [0.29, 0.717) is 25.7 Å². The van der Waals surface area contributed by atoms with E-state index in [1.807, 2.05) is 20.8 Å². The molecule has 0 radical (unpaired) electrons. The van der Waals surface area contributed by atoms with Gasteiger partial charge in [0.1, 0.15) is 0 Å². The maximum atomic E-state index is 12.1.